The normalized spacial score (nSPS) is 17.6. The molecule has 2 heterocycles. The molecule has 0 saturated carbocycles. The number of hydrogen-bond acceptors (Lipinski definition) is 5. The third kappa shape index (κ3) is 4.71. The fourth-order valence-corrected chi connectivity index (χ4v) is 5.01. The second-order valence-corrected chi connectivity index (χ2v) is 8.92. The predicted molar refractivity (Wildman–Crippen MR) is 134 cm³/mol. The van der Waals surface area contributed by atoms with E-state index in [0.29, 0.717) is 24.9 Å². The molecule has 2 aromatic carbocycles. The summed E-state index contributed by atoms with van der Waals surface area (Å²) in [5.74, 6) is 1.75. The monoisotopic (exact) mass is 462 g/mol. The largest absolute Gasteiger partial charge is 0.497 e. The Labute approximate surface area is 201 Å². The van der Waals surface area contributed by atoms with Gasteiger partial charge in [-0.05, 0) is 50.1 Å². The van der Waals surface area contributed by atoms with Crippen molar-refractivity contribution >= 4 is 16.8 Å². The highest BCUT2D eigenvalue weighted by atomic mass is 16.5. The highest BCUT2D eigenvalue weighted by molar-refractivity contribution is 5.79. The van der Waals surface area contributed by atoms with Gasteiger partial charge in [0.25, 0.3) is 5.56 Å². The minimum atomic E-state index is 0.0166. The zero-order valence-corrected chi connectivity index (χ0v) is 20.5. The smallest absolute Gasteiger partial charge is 0.261 e. The number of aromatic nitrogens is 2. The number of methoxy groups -OCH3 is 1. The average molecular weight is 463 g/mol. The Morgan fingerprint density at radius 1 is 1.12 bits per heavy atom. The Hall–Kier alpha value is -3.19. The van der Waals surface area contributed by atoms with Crippen LogP contribution in [0.2, 0.25) is 0 Å². The van der Waals surface area contributed by atoms with Gasteiger partial charge in [-0.2, -0.15) is 0 Å². The summed E-state index contributed by atoms with van der Waals surface area (Å²) >= 11 is 0. The maximum Gasteiger partial charge on any atom is 0.261 e. The molecule has 7 heteroatoms. The number of rotatable bonds is 7. The van der Waals surface area contributed by atoms with Crippen molar-refractivity contribution in [2.75, 3.05) is 26.7 Å². The molecular formula is C27H34N4O3. The van der Waals surface area contributed by atoms with Gasteiger partial charge in [0.1, 0.15) is 11.6 Å². The highest BCUT2D eigenvalue weighted by Crippen LogP contribution is 2.27. The predicted octanol–water partition coefficient (Wildman–Crippen LogP) is 3.65. The molecule has 180 valence electrons. The molecule has 1 saturated heterocycles. The number of para-hydroxylation sites is 1. The molecule has 1 aromatic heterocycles. The first-order valence-corrected chi connectivity index (χ1v) is 12.1. The second-order valence-electron chi connectivity index (χ2n) is 8.92. The van der Waals surface area contributed by atoms with Crippen molar-refractivity contribution in [2.45, 2.75) is 52.2 Å². The van der Waals surface area contributed by atoms with Crippen molar-refractivity contribution in [3.63, 3.8) is 0 Å². The number of benzene rings is 2. The van der Waals surface area contributed by atoms with Gasteiger partial charge in [-0.15, -0.1) is 0 Å². The molecule has 0 bridgehead atoms. The van der Waals surface area contributed by atoms with Crippen LogP contribution in [-0.2, 0) is 17.8 Å². The summed E-state index contributed by atoms with van der Waals surface area (Å²) in [6.45, 7) is 8.98. The average Bonchev–Trinajstić information content (AvgIpc) is 2.85. The van der Waals surface area contributed by atoms with Crippen molar-refractivity contribution in [3.05, 3.63) is 70.3 Å². The van der Waals surface area contributed by atoms with Gasteiger partial charge in [0.15, 0.2) is 0 Å². The van der Waals surface area contributed by atoms with Crippen molar-refractivity contribution in [2.24, 2.45) is 0 Å². The highest BCUT2D eigenvalue weighted by Gasteiger charge is 2.32. The molecular weight excluding hydrogens is 428 g/mol. The summed E-state index contributed by atoms with van der Waals surface area (Å²) in [5.41, 5.74) is 1.74. The van der Waals surface area contributed by atoms with E-state index in [9.17, 15) is 9.59 Å². The zero-order chi connectivity index (χ0) is 24.2. The molecule has 2 unspecified atom stereocenters. The van der Waals surface area contributed by atoms with Crippen molar-refractivity contribution in [1.82, 2.24) is 19.4 Å². The molecule has 0 N–H and O–H groups in total. The quantitative estimate of drug-likeness (QED) is 0.536. The molecule has 0 radical (unpaired) electrons. The zero-order valence-electron chi connectivity index (χ0n) is 20.5. The first kappa shape index (κ1) is 24.0. The Bertz CT molecular complexity index is 1200. The SMILES string of the molecule is CCC(c1nc2ccccc2c(=O)n1CC)N1CCN(C(=O)Cc2ccc(OC)cc2)C(C)C1. The fraction of sp³-hybridized carbons (Fsp3) is 0.444. The first-order chi connectivity index (χ1) is 16.5. The third-order valence-corrected chi connectivity index (χ3v) is 6.83. The van der Waals surface area contributed by atoms with Crippen LogP contribution in [-0.4, -0.2) is 58.0 Å². The first-order valence-electron chi connectivity index (χ1n) is 12.1. The van der Waals surface area contributed by atoms with Crippen LogP contribution in [0.4, 0.5) is 0 Å². The molecule has 3 aromatic rings. The molecule has 4 rings (SSSR count). The van der Waals surface area contributed by atoms with Crippen LogP contribution in [0, 0.1) is 0 Å². The minimum absolute atomic E-state index is 0.0166. The minimum Gasteiger partial charge on any atom is -0.497 e. The van der Waals surface area contributed by atoms with E-state index in [2.05, 4.69) is 18.7 Å². The van der Waals surface area contributed by atoms with E-state index in [1.807, 2.05) is 64.9 Å². The second kappa shape index (κ2) is 10.4. The lowest BCUT2D eigenvalue weighted by Crippen LogP contribution is -2.55. The number of carbonyl (C=O) groups excluding carboxylic acids is 1. The summed E-state index contributed by atoms with van der Waals surface area (Å²) in [6, 6.07) is 15.3. The van der Waals surface area contributed by atoms with E-state index in [0.717, 1.165) is 42.2 Å². The van der Waals surface area contributed by atoms with Crippen LogP contribution in [0.5, 0.6) is 5.75 Å². The lowest BCUT2D eigenvalue weighted by atomic mass is 10.1. The summed E-state index contributed by atoms with van der Waals surface area (Å²) in [4.78, 5) is 35.5. The molecule has 1 aliphatic heterocycles. The molecule has 1 amide bonds. The van der Waals surface area contributed by atoms with Crippen LogP contribution >= 0.6 is 0 Å². The molecule has 1 fully saturated rings. The Balaban J connectivity index is 1.51. The standard InChI is InChI=1S/C27H34N4O3/c1-5-24(26-28-23-10-8-7-9-22(23)27(33)30(26)6-2)29-15-16-31(19(3)18-29)25(32)17-20-11-13-21(34-4)14-12-20/h7-14,19,24H,5-6,15-18H2,1-4H3. The number of fused-ring (bicyclic) bond motifs is 1. The van der Waals surface area contributed by atoms with E-state index in [1.165, 1.54) is 0 Å². The van der Waals surface area contributed by atoms with Gasteiger partial charge in [-0.25, -0.2) is 4.98 Å². The van der Waals surface area contributed by atoms with E-state index in [-0.39, 0.29) is 23.6 Å². The maximum absolute atomic E-state index is 13.1. The van der Waals surface area contributed by atoms with Gasteiger partial charge >= 0.3 is 0 Å². The molecule has 7 nitrogen and oxygen atoms in total. The van der Waals surface area contributed by atoms with Crippen LogP contribution in [0.25, 0.3) is 10.9 Å². The number of hydrogen-bond donors (Lipinski definition) is 0. The van der Waals surface area contributed by atoms with Crippen LogP contribution in [0.15, 0.2) is 53.3 Å². The van der Waals surface area contributed by atoms with Crippen molar-refractivity contribution < 1.29 is 9.53 Å². The Morgan fingerprint density at radius 2 is 1.85 bits per heavy atom. The van der Waals surface area contributed by atoms with E-state index < -0.39 is 0 Å². The number of nitrogens with zero attached hydrogens (tertiary/aromatic N) is 4. The summed E-state index contributed by atoms with van der Waals surface area (Å²) < 4.78 is 7.02. The van der Waals surface area contributed by atoms with Gasteiger partial charge in [0, 0.05) is 32.2 Å². The fourth-order valence-electron chi connectivity index (χ4n) is 5.01. The molecule has 0 aliphatic carbocycles. The lowest BCUT2D eigenvalue weighted by Gasteiger charge is -2.43. The molecule has 0 spiro atoms. The van der Waals surface area contributed by atoms with E-state index >= 15 is 0 Å². The number of carbonyl (C=O) groups is 1. The van der Waals surface area contributed by atoms with Crippen LogP contribution in [0.1, 0.15) is 44.6 Å². The Morgan fingerprint density at radius 3 is 2.50 bits per heavy atom. The van der Waals surface area contributed by atoms with Gasteiger partial charge < -0.3 is 9.64 Å². The van der Waals surface area contributed by atoms with Gasteiger partial charge in [-0.1, -0.05) is 31.2 Å². The van der Waals surface area contributed by atoms with Gasteiger partial charge in [0.05, 0.1) is 30.5 Å². The van der Waals surface area contributed by atoms with Crippen LogP contribution in [0.3, 0.4) is 0 Å². The van der Waals surface area contributed by atoms with Crippen molar-refractivity contribution in [1.29, 1.82) is 0 Å². The molecule has 2 atom stereocenters. The lowest BCUT2D eigenvalue weighted by molar-refractivity contribution is -0.135. The van der Waals surface area contributed by atoms with Crippen LogP contribution < -0.4 is 10.3 Å². The number of piperazine rings is 1. The van der Waals surface area contributed by atoms with Crippen molar-refractivity contribution in [3.8, 4) is 5.75 Å². The molecule has 1 aliphatic rings. The maximum atomic E-state index is 13.1. The summed E-state index contributed by atoms with van der Waals surface area (Å²) in [7, 11) is 1.64. The van der Waals surface area contributed by atoms with E-state index in [4.69, 9.17) is 9.72 Å². The molecule has 34 heavy (non-hydrogen) atoms. The Kier molecular flexibility index (Phi) is 7.32. The third-order valence-electron chi connectivity index (χ3n) is 6.83. The topological polar surface area (TPSA) is 67.7 Å². The van der Waals surface area contributed by atoms with Gasteiger partial charge in [-0.3, -0.25) is 19.1 Å². The number of ether oxygens (including phenoxy) is 1. The summed E-state index contributed by atoms with van der Waals surface area (Å²) in [6.07, 6.45) is 1.23. The van der Waals surface area contributed by atoms with Gasteiger partial charge in [0.2, 0.25) is 5.91 Å². The number of amides is 1. The summed E-state index contributed by atoms with van der Waals surface area (Å²) in [5, 5.41) is 0.658. The van der Waals surface area contributed by atoms with E-state index in [1.54, 1.807) is 7.11 Å².